The minimum Gasteiger partial charge on any atom is -0.298 e. The first kappa shape index (κ1) is 16.5. The number of hydrogen-bond donors (Lipinski definition) is 0. The number of aryl methyl sites for hydroxylation is 3. The van der Waals surface area contributed by atoms with Gasteiger partial charge in [0.2, 0.25) is 0 Å². The number of aldehydes is 1. The Hall–Kier alpha value is -1.89. The summed E-state index contributed by atoms with van der Waals surface area (Å²) in [4.78, 5) is 11.0. The van der Waals surface area contributed by atoms with E-state index in [1.807, 2.05) is 18.2 Å². The number of benzene rings is 2. The highest BCUT2D eigenvalue weighted by Gasteiger charge is 2.01. The molecule has 22 heavy (non-hydrogen) atoms. The predicted molar refractivity (Wildman–Crippen MR) is 93.5 cm³/mol. The summed E-state index contributed by atoms with van der Waals surface area (Å²) in [6.45, 7) is 2.23. The molecule has 0 atom stereocenters. The summed E-state index contributed by atoms with van der Waals surface area (Å²) in [5, 5.41) is 0. The summed E-state index contributed by atoms with van der Waals surface area (Å²) in [5.74, 6) is 0. The Labute approximate surface area is 134 Å². The SMILES string of the molecule is CCCCc1ccc(CCCCc2ccccc2C=O)cc1. The average Bonchev–Trinajstić information content (AvgIpc) is 2.58. The molecule has 0 aliphatic carbocycles. The van der Waals surface area contributed by atoms with E-state index in [4.69, 9.17) is 0 Å². The van der Waals surface area contributed by atoms with Crippen LogP contribution in [0.5, 0.6) is 0 Å². The van der Waals surface area contributed by atoms with Crippen molar-refractivity contribution in [2.24, 2.45) is 0 Å². The van der Waals surface area contributed by atoms with Crippen LogP contribution in [0.2, 0.25) is 0 Å². The Bertz CT molecular complexity index is 569. The summed E-state index contributed by atoms with van der Waals surface area (Å²) in [6, 6.07) is 17.0. The van der Waals surface area contributed by atoms with Crippen LogP contribution in [0.4, 0.5) is 0 Å². The molecule has 0 saturated carbocycles. The van der Waals surface area contributed by atoms with Gasteiger partial charge in [-0.25, -0.2) is 0 Å². The average molecular weight is 294 g/mol. The smallest absolute Gasteiger partial charge is 0.150 e. The van der Waals surface area contributed by atoms with Gasteiger partial charge < -0.3 is 0 Å². The topological polar surface area (TPSA) is 17.1 Å². The molecule has 0 heterocycles. The molecule has 0 N–H and O–H groups in total. The van der Waals surface area contributed by atoms with E-state index in [1.165, 1.54) is 42.4 Å². The molecule has 1 nitrogen and oxygen atoms in total. The van der Waals surface area contributed by atoms with Crippen molar-refractivity contribution in [2.45, 2.75) is 51.9 Å². The van der Waals surface area contributed by atoms with Gasteiger partial charge in [0.15, 0.2) is 0 Å². The molecular weight excluding hydrogens is 268 g/mol. The number of unbranched alkanes of at least 4 members (excludes halogenated alkanes) is 2. The molecule has 0 radical (unpaired) electrons. The number of carbonyl (C=O) groups excluding carboxylic acids is 1. The maximum absolute atomic E-state index is 11.0. The van der Waals surface area contributed by atoms with Crippen molar-refractivity contribution in [3.63, 3.8) is 0 Å². The Morgan fingerprint density at radius 2 is 1.36 bits per heavy atom. The molecule has 0 aliphatic heterocycles. The molecule has 2 aromatic carbocycles. The fourth-order valence-corrected chi connectivity index (χ4v) is 2.77. The Balaban J connectivity index is 1.75. The zero-order valence-corrected chi connectivity index (χ0v) is 13.6. The van der Waals surface area contributed by atoms with E-state index in [0.717, 1.165) is 31.1 Å². The molecule has 0 saturated heterocycles. The van der Waals surface area contributed by atoms with Crippen molar-refractivity contribution >= 4 is 6.29 Å². The fraction of sp³-hybridized carbons (Fsp3) is 0.381. The zero-order chi connectivity index (χ0) is 15.6. The van der Waals surface area contributed by atoms with Crippen LogP contribution >= 0.6 is 0 Å². The molecular formula is C21H26O. The van der Waals surface area contributed by atoms with Crippen LogP contribution in [0.3, 0.4) is 0 Å². The van der Waals surface area contributed by atoms with Gasteiger partial charge in [-0.2, -0.15) is 0 Å². The molecule has 0 fully saturated rings. The summed E-state index contributed by atoms with van der Waals surface area (Å²) in [5.41, 5.74) is 4.88. The second-order valence-electron chi connectivity index (χ2n) is 5.94. The molecule has 1 heteroatoms. The van der Waals surface area contributed by atoms with E-state index in [-0.39, 0.29) is 0 Å². The molecule has 2 aromatic rings. The predicted octanol–water partition coefficient (Wildman–Crippen LogP) is 5.41. The summed E-state index contributed by atoms with van der Waals surface area (Å²) in [6.07, 6.45) is 9.09. The molecule has 0 aliphatic rings. The molecule has 0 amide bonds. The van der Waals surface area contributed by atoms with Gasteiger partial charge in [0.25, 0.3) is 0 Å². The van der Waals surface area contributed by atoms with Crippen LogP contribution < -0.4 is 0 Å². The lowest BCUT2D eigenvalue weighted by Crippen LogP contribution is -1.94. The van der Waals surface area contributed by atoms with Gasteiger partial charge in [0.05, 0.1) is 0 Å². The Kier molecular flexibility index (Phi) is 6.89. The molecule has 116 valence electrons. The lowest BCUT2D eigenvalue weighted by Gasteiger charge is -2.06. The van der Waals surface area contributed by atoms with Crippen molar-refractivity contribution < 1.29 is 4.79 Å². The zero-order valence-electron chi connectivity index (χ0n) is 13.6. The highest BCUT2D eigenvalue weighted by atomic mass is 16.1. The molecule has 0 spiro atoms. The largest absolute Gasteiger partial charge is 0.298 e. The van der Waals surface area contributed by atoms with Gasteiger partial charge in [0, 0.05) is 5.56 Å². The monoisotopic (exact) mass is 294 g/mol. The second kappa shape index (κ2) is 9.19. The number of rotatable bonds is 9. The highest BCUT2D eigenvalue weighted by Crippen LogP contribution is 2.13. The lowest BCUT2D eigenvalue weighted by molar-refractivity contribution is 0.112. The molecule has 0 bridgehead atoms. The molecule has 2 rings (SSSR count). The quantitative estimate of drug-likeness (QED) is 0.446. The van der Waals surface area contributed by atoms with E-state index in [1.54, 1.807) is 0 Å². The van der Waals surface area contributed by atoms with E-state index in [0.29, 0.717) is 0 Å². The van der Waals surface area contributed by atoms with Crippen LogP contribution in [0.15, 0.2) is 48.5 Å². The van der Waals surface area contributed by atoms with Crippen LogP contribution in [0.1, 0.15) is 59.7 Å². The number of hydrogen-bond acceptors (Lipinski definition) is 1. The van der Waals surface area contributed by atoms with Crippen molar-refractivity contribution in [3.8, 4) is 0 Å². The highest BCUT2D eigenvalue weighted by molar-refractivity contribution is 5.77. The minimum atomic E-state index is 0.836. The summed E-state index contributed by atoms with van der Waals surface area (Å²) >= 11 is 0. The van der Waals surface area contributed by atoms with Crippen molar-refractivity contribution in [3.05, 3.63) is 70.8 Å². The van der Waals surface area contributed by atoms with E-state index < -0.39 is 0 Å². The standard InChI is InChI=1S/C21H26O/c1-2-3-8-18-13-15-19(16-14-18)9-4-5-10-20-11-6-7-12-21(20)17-22/h6-7,11-17H,2-5,8-10H2,1H3. The third-order valence-electron chi connectivity index (χ3n) is 4.19. The van der Waals surface area contributed by atoms with E-state index in [9.17, 15) is 4.79 Å². The lowest BCUT2D eigenvalue weighted by atomic mass is 9.99. The molecule has 0 aromatic heterocycles. The van der Waals surface area contributed by atoms with Gasteiger partial charge >= 0.3 is 0 Å². The van der Waals surface area contributed by atoms with Crippen molar-refractivity contribution in [1.82, 2.24) is 0 Å². The van der Waals surface area contributed by atoms with Gasteiger partial charge in [-0.1, -0.05) is 61.9 Å². The van der Waals surface area contributed by atoms with Gasteiger partial charge in [-0.15, -0.1) is 0 Å². The minimum absolute atomic E-state index is 0.836. The normalized spacial score (nSPS) is 10.6. The second-order valence-corrected chi connectivity index (χ2v) is 5.94. The van der Waals surface area contributed by atoms with E-state index >= 15 is 0 Å². The van der Waals surface area contributed by atoms with Gasteiger partial charge in [0.1, 0.15) is 6.29 Å². The van der Waals surface area contributed by atoms with Gasteiger partial charge in [-0.3, -0.25) is 4.79 Å². The summed E-state index contributed by atoms with van der Waals surface area (Å²) < 4.78 is 0. The first-order chi connectivity index (χ1) is 10.8. The first-order valence-electron chi connectivity index (χ1n) is 8.44. The van der Waals surface area contributed by atoms with Crippen molar-refractivity contribution in [1.29, 1.82) is 0 Å². The third kappa shape index (κ3) is 5.14. The third-order valence-corrected chi connectivity index (χ3v) is 4.19. The Morgan fingerprint density at radius 1 is 0.773 bits per heavy atom. The Morgan fingerprint density at radius 3 is 2.00 bits per heavy atom. The number of carbonyl (C=O) groups is 1. The first-order valence-corrected chi connectivity index (χ1v) is 8.44. The summed E-state index contributed by atoms with van der Waals surface area (Å²) in [7, 11) is 0. The van der Waals surface area contributed by atoms with Gasteiger partial charge in [-0.05, 0) is 55.2 Å². The van der Waals surface area contributed by atoms with Crippen LogP contribution in [0, 0.1) is 0 Å². The van der Waals surface area contributed by atoms with Crippen LogP contribution in [-0.4, -0.2) is 6.29 Å². The molecule has 0 unspecified atom stereocenters. The van der Waals surface area contributed by atoms with E-state index in [2.05, 4.69) is 37.3 Å². The fourth-order valence-electron chi connectivity index (χ4n) is 2.77. The van der Waals surface area contributed by atoms with Crippen LogP contribution in [0.25, 0.3) is 0 Å². The van der Waals surface area contributed by atoms with Crippen LogP contribution in [-0.2, 0) is 19.3 Å². The van der Waals surface area contributed by atoms with Crippen molar-refractivity contribution in [2.75, 3.05) is 0 Å². The maximum atomic E-state index is 11.0. The maximum Gasteiger partial charge on any atom is 0.150 e.